The Labute approximate surface area is 250 Å². The SMILES string of the molecule is CC.CC.CC.CC(C)(c1[c-]cccc1)c1[c-]c[c-]c(C(C)(C)c2[c-]cccc2)c1.[Y].[Y]. The first-order chi connectivity index (χ1) is 14.4. The average Bonchev–Trinajstić information content (AvgIpc) is 2.84. The van der Waals surface area contributed by atoms with Crippen LogP contribution in [0.1, 0.15) is 91.5 Å². The third-order valence-electron chi connectivity index (χ3n) is 4.86. The summed E-state index contributed by atoms with van der Waals surface area (Å²) in [5.41, 5.74) is 4.35. The van der Waals surface area contributed by atoms with Gasteiger partial charge in [-0.25, -0.2) is 0 Å². The Balaban J connectivity index is -0.000000971. The zero-order valence-electron chi connectivity index (χ0n) is 21.9. The first-order valence-corrected chi connectivity index (χ1v) is 11.3. The van der Waals surface area contributed by atoms with Crippen molar-refractivity contribution in [2.24, 2.45) is 0 Å². The minimum absolute atomic E-state index is 0. The van der Waals surface area contributed by atoms with Gasteiger partial charge in [0.15, 0.2) is 0 Å². The van der Waals surface area contributed by atoms with E-state index in [1.165, 1.54) is 11.1 Å². The molecule has 3 aromatic carbocycles. The smallest absolute Gasteiger partial charge is 0 e. The fourth-order valence-corrected chi connectivity index (χ4v) is 3.00. The first kappa shape index (κ1) is 36.4. The molecule has 170 valence electrons. The number of benzene rings is 3. The van der Waals surface area contributed by atoms with Crippen molar-refractivity contribution in [2.45, 2.75) is 80.1 Å². The molecule has 0 spiro atoms. The molecular formula is C30H40Y2-4. The van der Waals surface area contributed by atoms with Crippen molar-refractivity contribution in [3.8, 4) is 0 Å². The number of hydrogen-bond acceptors (Lipinski definition) is 0. The molecular weight excluding hydrogens is 538 g/mol. The summed E-state index contributed by atoms with van der Waals surface area (Å²) < 4.78 is 0. The summed E-state index contributed by atoms with van der Waals surface area (Å²) in [5, 5.41) is 0. The van der Waals surface area contributed by atoms with E-state index in [1.807, 2.05) is 71.9 Å². The summed E-state index contributed by atoms with van der Waals surface area (Å²) in [6.45, 7) is 20.9. The molecule has 0 nitrogen and oxygen atoms in total. The Morgan fingerprint density at radius 3 is 1.12 bits per heavy atom. The molecule has 0 saturated carbocycles. The molecule has 0 aliphatic rings. The van der Waals surface area contributed by atoms with Crippen molar-refractivity contribution in [1.29, 1.82) is 0 Å². The Morgan fingerprint density at radius 2 is 0.844 bits per heavy atom. The van der Waals surface area contributed by atoms with Crippen LogP contribution in [0.4, 0.5) is 0 Å². The van der Waals surface area contributed by atoms with E-state index < -0.39 is 0 Å². The van der Waals surface area contributed by atoms with E-state index in [4.69, 9.17) is 0 Å². The fraction of sp³-hybridized carbons (Fsp3) is 0.400. The van der Waals surface area contributed by atoms with Crippen LogP contribution in [0.3, 0.4) is 0 Å². The van der Waals surface area contributed by atoms with E-state index in [0.29, 0.717) is 0 Å². The largest absolute Gasteiger partial charge is 0.355 e. The van der Waals surface area contributed by atoms with Crippen molar-refractivity contribution in [3.05, 3.63) is 107 Å². The maximum absolute atomic E-state index is 3.39. The number of rotatable bonds is 4. The topological polar surface area (TPSA) is 0 Å². The van der Waals surface area contributed by atoms with Crippen LogP contribution in [0.2, 0.25) is 0 Å². The van der Waals surface area contributed by atoms with Crippen LogP contribution >= 0.6 is 0 Å². The van der Waals surface area contributed by atoms with Crippen LogP contribution in [0.5, 0.6) is 0 Å². The molecule has 0 unspecified atom stereocenters. The minimum atomic E-state index is -0.151. The molecule has 0 N–H and O–H groups in total. The summed E-state index contributed by atoms with van der Waals surface area (Å²) >= 11 is 0. The van der Waals surface area contributed by atoms with Crippen LogP contribution in [-0.4, -0.2) is 0 Å². The molecule has 0 amide bonds. The second-order valence-corrected chi connectivity index (χ2v) is 7.21. The molecule has 0 aliphatic carbocycles. The maximum Gasteiger partial charge on any atom is 0 e. The van der Waals surface area contributed by atoms with Gasteiger partial charge in [-0.3, -0.25) is 17.2 Å². The zero-order valence-corrected chi connectivity index (χ0v) is 27.6. The van der Waals surface area contributed by atoms with E-state index in [9.17, 15) is 0 Å². The number of hydrogen-bond donors (Lipinski definition) is 0. The third-order valence-corrected chi connectivity index (χ3v) is 4.86. The van der Waals surface area contributed by atoms with Gasteiger partial charge in [0.2, 0.25) is 0 Å². The van der Waals surface area contributed by atoms with Gasteiger partial charge < -0.3 is 18.2 Å². The molecule has 32 heavy (non-hydrogen) atoms. The Morgan fingerprint density at radius 1 is 0.500 bits per heavy atom. The van der Waals surface area contributed by atoms with Gasteiger partial charge in [0.05, 0.1) is 0 Å². The van der Waals surface area contributed by atoms with Crippen LogP contribution in [0.25, 0.3) is 0 Å². The standard InChI is InChI=1S/C24H22.3C2H6.2Y/c1-23(2,19-12-7-5-8-13-19)21-16-11-17-22(18-21)24(3,4)20-14-9-6-10-15-20;3*1-2;;/h5-12,14,18H,1-4H3;3*1-2H3;;/q-4;;;;;. The Hall–Kier alpha value is -0.132. The van der Waals surface area contributed by atoms with Gasteiger partial charge in [-0.05, 0) is 0 Å². The monoisotopic (exact) mass is 578 g/mol. The molecule has 0 atom stereocenters. The molecule has 0 fully saturated rings. The molecule has 0 heterocycles. The van der Waals surface area contributed by atoms with Crippen molar-refractivity contribution in [1.82, 2.24) is 0 Å². The molecule has 0 saturated heterocycles. The minimum Gasteiger partial charge on any atom is -0.355 e. The van der Waals surface area contributed by atoms with Crippen LogP contribution in [0, 0.1) is 24.3 Å². The van der Waals surface area contributed by atoms with Crippen LogP contribution < -0.4 is 0 Å². The van der Waals surface area contributed by atoms with Gasteiger partial charge in [-0.1, -0.05) is 80.1 Å². The summed E-state index contributed by atoms with van der Waals surface area (Å²) in [4.78, 5) is 0. The van der Waals surface area contributed by atoms with E-state index in [2.05, 4.69) is 82.3 Å². The van der Waals surface area contributed by atoms with E-state index in [0.717, 1.165) is 11.1 Å². The Bertz CT molecular complexity index is 740. The molecule has 0 bridgehead atoms. The maximum atomic E-state index is 3.39. The fourth-order valence-electron chi connectivity index (χ4n) is 3.00. The summed E-state index contributed by atoms with van der Waals surface area (Å²) in [6, 6.07) is 33.9. The predicted octanol–water partition coefficient (Wildman–Crippen LogP) is 8.61. The molecule has 3 rings (SSSR count). The van der Waals surface area contributed by atoms with E-state index >= 15 is 0 Å². The quantitative estimate of drug-likeness (QED) is 0.272. The average molecular weight is 578 g/mol. The van der Waals surface area contributed by atoms with Crippen molar-refractivity contribution >= 4 is 0 Å². The van der Waals surface area contributed by atoms with E-state index in [-0.39, 0.29) is 76.2 Å². The Kier molecular flexibility index (Phi) is 21.9. The molecule has 2 radical (unpaired) electrons. The summed E-state index contributed by atoms with van der Waals surface area (Å²) in [7, 11) is 0. The van der Waals surface area contributed by atoms with Crippen LogP contribution in [0.15, 0.2) is 60.7 Å². The molecule has 0 aromatic heterocycles. The van der Waals surface area contributed by atoms with Gasteiger partial charge in [0.1, 0.15) is 0 Å². The zero-order chi connectivity index (χ0) is 23.2. The van der Waals surface area contributed by atoms with Gasteiger partial charge in [0.25, 0.3) is 0 Å². The van der Waals surface area contributed by atoms with Gasteiger partial charge >= 0.3 is 0 Å². The van der Waals surface area contributed by atoms with Gasteiger partial charge in [0, 0.05) is 65.4 Å². The normalized spacial score (nSPS) is 9.69. The molecule has 3 aromatic rings. The van der Waals surface area contributed by atoms with Crippen molar-refractivity contribution in [2.75, 3.05) is 0 Å². The first-order valence-electron chi connectivity index (χ1n) is 11.3. The second kappa shape index (κ2) is 19.2. The van der Waals surface area contributed by atoms with Crippen molar-refractivity contribution < 1.29 is 65.4 Å². The van der Waals surface area contributed by atoms with Crippen molar-refractivity contribution in [3.63, 3.8) is 0 Å². The summed E-state index contributed by atoms with van der Waals surface area (Å²) in [5.74, 6) is 0. The molecule has 2 heteroatoms. The van der Waals surface area contributed by atoms with Gasteiger partial charge in [-0.2, -0.15) is 71.8 Å². The van der Waals surface area contributed by atoms with Crippen LogP contribution in [-0.2, 0) is 76.2 Å². The van der Waals surface area contributed by atoms with E-state index in [1.54, 1.807) is 0 Å². The second-order valence-electron chi connectivity index (χ2n) is 7.21. The third kappa shape index (κ3) is 10.0. The van der Waals surface area contributed by atoms with Gasteiger partial charge in [-0.15, -0.1) is 0 Å². The summed E-state index contributed by atoms with van der Waals surface area (Å²) in [6.07, 6.45) is 0. The predicted molar refractivity (Wildman–Crippen MR) is 133 cm³/mol. The molecule has 0 aliphatic heterocycles.